The van der Waals surface area contributed by atoms with Crippen LogP contribution >= 0.6 is 48.6 Å². The molecule has 0 aliphatic carbocycles. The van der Waals surface area contributed by atoms with Crippen LogP contribution in [0, 0.1) is 6.92 Å². The van der Waals surface area contributed by atoms with Gasteiger partial charge < -0.3 is 5.32 Å². The molecule has 2 rings (SSSR count). The van der Waals surface area contributed by atoms with Gasteiger partial charge in [0.1, 0.15) is 5.82 Å². The molecule has 0 aliphatic heterocycles. The second-order valence-corrected chi connectivity index (χ2v) is 4.36. The highest BCUT2D eigenvalue weighted by Gasteiger charge is 2.06. The van der Waals surface area contributed by atoms with Gasteiger partial charge in [-0.05, 0) is 19.1 Å². The maximum atomic E-state index is 11.6. The van der Waals surface area contributed by atoms with E-state index in [-0.39, 0.29) is 5.91 Å². The molecule has 18 heavy (non-hydrogen) atoms. The molecule has 0 spiro atoms. The number of thiazole rings is 1. The Bertz CT molecular complexity index is 490. The van der Waals surface area contributed by atoms with Crippen LogP contribution in [0.25, 0.3) is 0 Å². The molecule has 0 unspecified atom stereocenters. The molecule has 1 N–H and O–H groups in total. The number of pyridine rings is 1. The van der Waals surface area contributed by atoms with Crippen molar-refractivity contribution < 1.29 is 4.79 Å². The summed E-state index contributed by atoms with van der Waals surface area (Å²) in [6.45, 7) is 1.92. The number of nitrogens with zero attached hydrogens (tertiary/aromatic N) is 2. The van der Waals surface area contributed by atoms with E-state index in [0.29, 0.717) is 12.2 Å². The molecular weight excluding hydrogens is 476 g/mol. The van der Waals surface area contributed by atoms with Gasteiger partial charge in [0.25, 0.3) is 0 Å². The predicted octanol–water partition coefficient (Wildman–Crippen LogP) is 3.80. The van der Waals surface area contributed by atoms with Crippen LogP contribution < -0.4 is 5.32 Å². The number of amides is 1. The van der Waals surface area contributed by atoms with Crippen molar-refractivity contribution in [3.63, 3.8) is 0 Å². The fourth-order valence-corrected chi connectivity index (χ4v) is 1.89. The summed E-state index contributed by atoms with van der Waals surface area (Å²) in [7, 11) is 0. The molecule has 0 fully saturated rings. The van der Waals surface area contributed by atoms with Crippen LogP contribution in [0.5, 0.6) is 0 Å². The number of hydrogen-bond donors (Lipinski definition) is 1. The Labute approximate surface area is 133 Å². The Morgan fingerprint density at radius 1 is 1.44 bits per heavy atom. The average Bonchev–Trinajstić information content (AvgIpc) is 2.78. The molecule has 2 aromatic rings. The summed E-state index contributed by atoms with van der Waals surface area (Å²) in [5.74, 6) is 0.475. The van der Waals surface area contributed by atoms with Gasteiger partial charge >= 0.3 is 0 Å². The SMILES string of the molecule is Cc1nc(CC(=O)Nc2ccccn2)cs1.II. The van der Waals surface area contributed by atoms with Gasteiger partial charge in [-0.25, -0.2) is 9.97 Å². The fraction of sp³-hybridized carbons (Fsp3) is 0.182. The zero-order valence-electron chi connectivity index (χ0n) is 9.56. The van der Waals surface area contributed by atoms with E-state index >= 15 is 0 Å². The Kier molecular flexibility index (Phi) is 7.66. The number of halogens is 2. The second-order valence-electron chi connectivity index (χ2n) is 3.30. The van der Waals surface area contributed by atoms with Crippen LogP contribution in [-0.2, 0) is 11.2 Å². The summed E-state index contributed by atoms with van der Waals surface area (Å²) in [5.41, 5.74) is 0.802. The quantitative estimate of drug-likeness (QED) is 0.671. The highest BCUT2D eigenvalue weighted by atomic mass is 128. The molecular formula is C11H11I2N3OS. The number of carbonyl (C=O) groups is 1. The Morgan fingerprint density at radius 2 is 2.22 bits per heavy atom. The molecule has 4 nitrogen and oxygen atoms in total. The predicted molar refractivity (Wildman–Crippen MR) is 91.5 cm³/mol. The molecule has 2 heterocycles. The van der Waals surface area contributed by atoms with Crippen molar-refractivity contribution in [3.05, 3.63) is 40.5 Å². The average molecular weight is 487 g/mol. The summed E-state index contributed by atoms with van der Waals surface area (Å²) in [6.07, 6.45) is 1.93. The summed E-state index contributed by atoms with van der Waals surface area (Å²) in [5, 5.41) is 5.58. The third kappa shape index (κ3) is 5.57. The van der Waals surface area contributed by atoms with E-state index in [1.807, 2.05) is 18.4 Å². The van der Waals surface area contributed by atoms with E-state index in [9.17, 15) is 4.79 Å². The molecule has 96 valence electrons. The maximum Gasteiger partial charge on any atom is 0.231 e. The number of carbonyl (C=O) groups excluding carboxylic acids is 1. The Morgan fingerprint density at radius 3 is 2.78 bits per heavy atom. The summed E-state index contributed by atoms with van der Waals surface area (Å²) in [6, 6.07) is 5.39. The number of aryl methyl sites for hydroxylation is 1. The van der Waals surface area contributed by atoms with Gasteiger partial charge in [0.15, 0.2) is 0 Å². The topological polar surface area (TPSA) is 54.9 Å². The van der Waals surface area contributed by atoms with Gasteiger partial charge in [0, 0.05) is 48.8 Å². The highest BCUT2D eigenvalue weighted by Crippen LogP contribution is 2.09. The minimum Gasteiger partial charge on any atom is -0.310 e. The number of anilines is 1. The minimum atomic E-state index is -0.0935. The maximum absolute atomic E-state index is 11.6. The van der Waals surface area contributed by atoms with Crippen LogP contribution in [0.4, 0.5) is 5.82 Å². The van der Waals surface area contributed by atoms with Crippen molar-refractivity contribution in [1.29, 1.82) is 0 Å². The molecule has 1 amide bonds. The molecule has 0 aromatic carbocycles. The summed E-state index contributed by atoms with van der Waals surface area (Å²) >= 11 is 5.79. The van der Waals surface area contributed by atoms with Gasteiger partial charge in [0.2, 0.25) is 5.91 Å². The van der Waals surface area contributed by atoms with Gasteiger partial charge in [-0.1, -0.05) is 6.07 Å². The Hall–Kier alpha value is -0.290. The molecule has 0 radical (unpaired) electrons. The summed E-state index contributed by atoms with van der Waals surface area (Å²) in [4.78, 5) is 19.8. The molecule has 2 aromatic heterocycles. The third-order valence-corrected chi connectivity index (χ3v) is 2.76. The largest absolute Gasteiger partial charge is 0.310 e. The first kappa shape index (κ1) is 15.8. The van der Waals surface area contributed by atoms with Gasteiger partial charge in [-0.3, -0.25) is 4.79 Å². The molecule has 7 heteroatoms. The molecule has 0 saturated carbocycles. The smallest absolute Gasteiger partial charge is 0.231 e. The van der Waals surface area contributed by atoms with E-state index in [2.05, 4.69) is 52.5 Å². The monoisotopic (exact) mass is 487 g/mol. The van der Waals surface area contributed by atoms with Crippen molar-refractivity contribution in [2.45, 2.75) is 13.3 Å². The van der Waals surface area contributed by atoms with Crippen molar-refractivity contribution >= 4 is 60.3 Å². The van der Waals surface area contributed by atoms with E-state index in [1.54, 1.807) is 29.7 Å². The van der Waals surface area contributed by atoms with E-state index in [1.165, 1.54) is 0 Å². The molecule has 0 aliphatic rings. The van der Waals surface area contributed by atoms with Crippen molar-refractivity contribution in [3.8, 4) is 0 Å². The standard InChI is InChI=1S/C11H11N3OS.I2/c1-8-13-9(7-16-8)6-11(15)14-10-4-2-3-5-12-10;1-2/h2-5,7H,6H2,1H3,(H,12,14,15);. The number of aromatic nitrogens is 2. The Balaban J connectivity index is 0.000000771. The van der Waals surface area contributed by atoms with Crippen molar-refractivity contribution in [1.82, 2.24) is 9.97 Å². The number of nitrogens with one attached hydrogen (secondary N) is 1. The van der Waals surface area contributed by atoms with Crippen LogP contribution in [0.1, 0.15) is 10.7 Å². The highest BCUT2D eigenvalue weighted by molar-refractivity contribution is 15.0. The fourth-order valence-electron chi connectivity index (χ4n) is 1.28. The molecule has 0 bridgehead atoms. The molecule has 0 saturated heterocycles. The lowest BCUT2D eigenvalue weighted by Crippen LogP contribution is -2.15. The van der Waals surface area contributed by atoms with E-state index in [4.69, 9.17) is 0 Å². The lowest BCUT2D eigenvalue weighted by Gasteiger charge is -2.01. The number of hydrogen-bond acceptors (Lipinski definition) is 4. The zero-order chi connectivity index (χ0) is 13.4. The van der Waals surface area contributed by atoms with Crippen LogP contribution in [0.2, 0.25) is 0 Å². The lowest BCUT2D eigenvalue weighted by molar-refractivity contribution is -0.115. The molecule has 0 atom stereocenters. The van der Waals surface area contributed by atoms with Crippen molar-refractivity contribution in [2.75, 3.05) is 5.32 Å². The number of rotatable bonds is 3. The lowest BCUT2D eigenvalue weighted by atomic mass is 10.3. The first-order valence-electron chi connectivity index (χ1n) is 5.00. The third-order valence-electron chi connectivity index (χ3n) is 1.94. The van der Waals surface area contributed by atoms with Crippen molar-refractivity contribution in [2.24, 2.45) is 0 Å². The van der Waals surface area contributed by atoms with Crippen LogP contribution in [-0.4, -0.2) is 15.9 Å². The normalized spacial score (nSPS) is 9.28. The van der Waals surface area contributed by atoms with Gasteiger partial charge in [-0.15, -0.1) is 11.3 Å². The second kappa shape index (κ2) is 8.75. The van der Waals surface area contributed by atoms with Gasteiger partial charge in [-0.2, -0.15) is 0 Å². The van der Waals surface area contributed by atoms with Gasteiger partial charge in [0.05, 0.1) is 17.1 Å². The van der Waals surface area contributed by atoms with E-state index in [0.717, 1.165) is 10.7 Å². The minimum absolute atomic E-state index is 0.0935. The van der Waals surface area contributed by atoms with E-state index < -0.39 is 0 Å². The van der Waals surface area contributed by atoms with Crippen LogP contribution in [0.15, 0.2) is 29.8 Å². The first-order chi connectivity index (χ1) is 8.74. The zero-order valence-corrected chi connectivity index (χ0v) is 14.7. The first-order valence-corrected chi connectivity index (χ1v) is 12.2. The van der Waals surface area contributed by atoms with Crippen LogP contribution in [0.3, 0.4) is 0 Å². The summed E-state index contributed by atoms with van der Waals surface area (Å²) < 4.78 is 0.